The molecule has 2 fully saturated rings. The van der Waals surface area contributed by atoms with Gasteiger partial charge >= 0.3 is 0 Å². The fourth-order valence-electron chi connectivity index (χ4n) is 2.83. The van der Waals surface area contributed by atoms with Gasteiger partial charge in [0.05, 0.1) is 0 Å². The van der Waals surface area contributed by atoms with E-state index in [2.05, 4.69) is 18.7 Å². The van der Waals surface area contributed by atoms with Crippen LogP contribution in [-0.2, 0) is 4.79 Å². The lowest BCUT2D eigenvalue weighted by Gasteiger charge is -2.27. The molecule has 0 unspecified atom stereocenters. The average molecular weight is 238 g/mol. The Hall–Kier alpha value is -0.570. The van der Waals surface area contributed by atoms with Crippen LogP contribution in [0.2, 0.25) is 0 Å². The van der Waals surface area contributed by atoms with Crippen molar-refractivity contribution in [1.29, 1.82) is 0 Å². The number of hydrogen-bond acceptors (Lipinski definition) is 2. The van der Waals surface area contributed by atoms with Crippen molar-refractivity contribution in [2.45, 2.75) is 52.4 Å². The molecule has 0 radical (unpaired) electrons. The minimum Gasteiger partial charge on any atom is -0.342 e. The van der Waals surface area contributed by atoms with Crippen LogP contribution in [0.15, 0.2) is 0 Å². The Morgan fingerprint density at radius 1 is 1.24 bits per heavy atom. The highest BCUT2D eigenvalue weighted by Crippen LogP contribution is 2.49. The van der Waals surface area contributed by atoms with E-state index in [1.165, 1.54) is 12.8 Å². The first-order valence-corrected chi connectivity index (χ1v) is 6.94. The number of likely N-dealkylation sites (tertiary alicyclic amines) is 1. The Bertz CT molecular complexity index is 295. The molecule has 0 aromatic carbocycles. The van der Waals surface area contributed by atoms with Gasteiger partial charge in [0.2, 0.25) is 5.91 Å². The number of nitrogens with two attached hydrogens (primary N) is 1. The van der Waals surface area contributed by atoms with Gasteiger partial charge in [-0.25, -0.2) is 0 Å². The molecule has 1 aliphatic heterocycles. The zero-order valence-electron chi connectivity index (χ0n) is 11.3. The fourth-order valence-corrected chi connectivity index (χ4v) is 2.83. The zero-order chi connectivity index (χ0) is 12.5. The first-order chi connectivity index (χ1) is 7.96. The lowest BCUT2D eigenvalue weighted by Crippen LogP contribution is -2.36. The Morgan fingerprint density at radius 2 is 1.94 bits per heavy atom. The van der Waals surface area contributed by atoms with Gasteiger partial charge in [-0.15, -0.1) is 0 Å². The standard InChI is InChI=1S/C14H26N2O/c1-13(2)4-3-12(17)16(10-8-13)11-14(5-6-14)7-9-15/h3-11,15H2,1-2H3. The quantitative estimate of drug-likeness (QED) is 0.815. The second kappa shape index (κ2) is 4.60. The number of rotatable bonds is 4. The summed E-state index contributed by atoms with van der Waals surface area (Å²) in [5, 5.41) is 0. The molecule has 2 N–H and O–H groups in total. The smallest absolute Gasteiger partial charge is 0.222 e. The van der Waals surface area contributed by atoms with Gasteiger partial charge in [-0.2, -0.15) is 0 Å². The van der Waals surface area contributed by atoms with Crippen LogP contribution >= 0.6 is 0 Å². The van der Waals surface area contributed by atoms with Gasteiger partial charge in [0, 0.05) is 19.5 Å². The number of carbonyl (C=O) groups is 1. The summed E-state index contributed by atoms with van der Waals surface area (Å²) in [4.78, 5) is 14.2. The second-order valence-electron chi connectivity index (χ2n) is 6.77. The van der Waals surface area contributed by atoms with Crippen molar-refractivity contribution >= 4 is 5.91 Å². The molecule has 1 amide bonds. The Balaban J connectivity index is 1.94. The maximum Gasteiger partial charge on any atom is 0.222 e. The monoisotopic (exact) mass is 238 g/mol. The third-order valence-corrected chi connectivity index (χ3v) is 4.58. The molecule has 1 aliphatic carbocycles. The molecule has 2 aliphatic rings. The summed E-state index contributed by atoms with van der Waals surface area (Å²) >= 11 is 0. The first-order valence-electron chi connectivity index (χ1n) is 6.94. The SMILES string of the molecule is CC1(C)CCC(=O)N(CC2(CCN)CC2)CC1. The Morgan fingerprint density at radius 3 is 2.53 bits per heavy atom. The summed E-state index contributed by atoms with van der Waals surface area (Å²) in [5.74, 6) is 0.360. The number of hydrogen-bond donors (Lipinski definition) is 1. The highest BCUT2D eigenvalue weighted by atomic mass is 16.2. The summed E-state index contributed by atoms with van der Waals surface area (Å²) in [6.07, 6.45) is 6.50. The van der Waals surface area contributed by atoms with Crippen LogP contribution in [0.3, 0.4) is 0 Å². The minimum atomic E-state index is 0.328. The van der Waals surface area contributed by atoms with E-state index in [1.54, 1.807) is 0 Å². The van der Waals surface area contributed by atoms with Crippen LogP contribution < -0.4 is 5.73 Å². The molecule has 98 valence electrons. The summed E-state index contributed by atoms with van der Waals surface area (Å²) in [6, 6.07) is 0. The van der Waals surface area contributed by atoms with E-state index in [9.17, 15) is 4.79 Å². The average Bonchev–Trinajstić information content (AvgIpc) is 3.02. The van der Waals surface area contributed by atoms with Gasteiger partial charge in [0.25, 0.3) is 0 Å². The van der Waals surface area contributed by atoms with E-state index in [0.29, 0.717) is 16.7 Å². The van der Waals surface area contributed by atoms with Crippen molar-refractivity contribution in [3.05, 3.63) is 0 Å². The molecule has 2 rings (SSSR count). The van der Waals surface area contributed by atoms with Gasteiger partial charge < -0.3 is 10.6 Å². The second-order valence-corrected chi connectivity index (χ2v) is 6.77. The van der Waals surface area contributed by atoms with Gasteiger partial charge in [0.15, 0.2) is 0 Å². The van der Waals surface area contributed by atoms with E-state index in [-0.39, 0.29) is 0 Å². The van der Waals surface area contributed by atoms with Crippen molar-refractivity contribution in [2.24, 2.45) is 16.6 Å². The van der Waals surface area contributed by atoms with Crippen LogP contribution in [-0.4, -0.2) is 30.4 Å². The summed E-state index contributed by atoms with van der Waals surface area (Å²) in [6.45, 7) is 7.21. The maximum atomic E-state index is 12.1. The molecule has 0 bridgehead atoms. The van der Waals surface area contributed by atoms with Gasteiger partial charge in [-0.3, -0.25) is 4.79 Å². The highest BCUT2D eigenvalue weighted by molar-refractivity contribution is 5.76. The van der Waals surface area contributed by atoms with E-state index in [0.717, 1.165) is 45.3 Å². The van der Waals surface area contributed by atoms with Crippen molar-refractivity contribution in [3.8, 4) is 0 Å². The number of nitrogens with zero attached hydrogens (tertiary/aromatic N) is 1. The maximum absolute atomic E-state index is 12.1. The minimum absolute atomic E-state index is 0.328. The van der Waals surface area contributed by atoms with E-state index in [1.807, 2.05) is 0 Å². The van der Waals surface area contributed by atoms with E-state index in [4.69, 9.17) is 5.73 Å². The van der Waals surface area contributed by atoms with Crippen molar-refractivity contribution in [1.82, 2.24) is 4.90 Å². The third-order valence-electron chi connectivity index (χ3n) is 4.58. The lowest BCUT2D eigenvalue weighted by atomic mass is 9.85. The fraction of sp³-hybridized carbons (Fsp3) is 0.929. The van der Waals surface area contributed by atoms with Crippen LogP contribution in [0, 0.1) is 10.8 Å². The number of carbonyl (C=O) groups excluding carboxylic acids is 1. The molecule has 0 aromatic rings. The normalized spacial score (nSPS) is 26.8. The molecular weight excluding hydrogens is 212 g/mol. The molecule has 0 spiro atoms. The molecule has 0 atom stereocenters. The van der Waals surface area contributed by atoms with Crippen molar-refractivity contribution < 1.29 is 4.79 Å². The summed E-state index contributed by atoms with van der Waals surface area (Å²) < 4.78 is 0. The predicted molar refractivity (Wildman–Crippen MR) is 69.6 cm³/mol. The molecule has 0 aromatic heterocycles. The Kier molecular flexibility index (Phi) is 3.48. The van der Waals surface area contributed by atoms with Crippen LogP contribution in [0.4, 0.5) is 0 Å². The third kappa shape index (κ3) is 3.21. The molecule has 17 heavy (non-hydrogen) atoms. The van der Waals surface area contributed by atoms with Gasteiger partial charge in [0.1, 0.15) is 0 Å². The van der Waals surface area contributed by atoms with Crippen molar-refractivity contribution in [3.63, 3.8) is 0 Å². The summed E-state index contributed by atoms with van der Waals surface area (Å²) in [5.41, 5.74) is 6.38. The first kappa shape index (κ1) is 12.9. The molecule has 1 saturated heterocycles. The van der Waals surface area contributed by atoms with Crippen LogP contribution in [0.1, 0.15) is 52.4 Å². The zero-order valence-corrected chi connectivity index (χ0v) is 11.3. The summed E-state index contributed by atoms with van der Waals surface area (Å²) in [7, 11) is 0. The predicted octanol–water partition coefficient (Wildman–Crippen LogP) is 2.15. The molecule has 1 heterocycles. The Labute approximate surface area is 105 Å². The largest absolute Gasteiger partial charge is 0.342 e. The van der Waals surface area contributed by atoms with Crippen LogP contribution in [0.25, 0.3) is 0 Å². The van der Waals surface area contributed by atoms with Gasteiger partial charge in [-0.1, -0.05) is 13.8 Å². The molecule has 1 saturated carbocycles. The van der Waals surface area contributed by atoms with E-state index >= 15 is 0 Å². The van der Waals surface area contributed by atoms with Crippen molar-refractivity contribution in [2.75, 3.05) is 19.6 Å². The topological polar surface area (TPSA) is 46.3 Å². The lowest BCUT2D eigenvalue weighted by molar-refractivity contribution is -0.131. The van der Waals surface area contributed by atoms with E-state index < -0.39 is 0 Å². The van der Waals surface area contributed by atoms with Crippen LogP contribution in [0.5, 0.6) is 0 Å². The molecule has 3 nitrogen and oxygen atoms in total. The highest BCUT2D eigenvalue weighted by Gasteiger charge is 2.44. The number of amides is 1. The molecular formula is C14H26N2O. The molecule has 3 heteroatoms. The van der Waals surface area contributed by atoms with Gasteiger partial charge in [-0.05, 0) is 49.5 Å².